The number of nitrogens with zero attached hydrogens (tertiary/aromatic N) is 3. The van der Waals surface area contributed by atoms with E-state index in [1.807, 2.05) is 47.0 Å². The van der Waals surface area contributed by atoms with Gasteiger partial charge in [-0.3, -0.25) is 4.79 Å². The second-order valence-electron chi connectivity index (χ2n) is 7.33. The van der Waals surface area contributed by atoms with E-state index in [9.17, 15) is 9.59 Å². The first kappa shape index (κ1) is 25.0. The molecule has 36 heavy (non-hydrogen) atoms. The van der Waals surface area contributed by atoms with Crippen LogP contribution < -0.4 is 14.7 Å². The molecule has 1 heterocycles. The number of rotatable bonds is 10. The molecule has 0 aliphatic carbocycles. The van der Waals surface area contributed by atoms with Crippen molar-refractivity contribution in [3.8, 4) is 22.8 Å². The molecule has 9 nitrogen and oxygen atoms in total. The van der Waals surface area contributed by atoms with Crippen LogP contribution >= 0.6 is 23.4 Å². The number of carbonyl (C=O) groups excluding carboxylic acids is 1. The summed E-state index contributed by atoms with van der Waals surface area (Å²) in [5.41, 5.74) is 4.78. The maximum atomic E-state index is 12.5. The van der Waals surface area contributed by atoms with Crippen molar-refractivity contribution in [2.24, 2.45) is 5.10 Å². The number of benzene rings is 3. The highest BCUT2D eigenvalue weighted by molar-refractivity contribution is 7.99. The average molecular weight is 523 g/mol. The van der Waals surface area contributed by atoms with E-state index < -0.39 is 12.6 Å². The van der Waals surface area contributed by atoms with E-state index in [4.69, 9.17) is 21.4 Å². The summed E-state index contributed by atoms with van der Waals surface area (Å²) in [6.45, 7) is -0.475. The number of aliphatic carboxylic acids is 1. The molecule has 0 bridgehead atoms. The molecular weight excluding hydrogens is 502 g/mol. The van der Waals surface area contributed by atoms with Gasteiger partial charge in [0.05, 0.1) is 22.6 Å². The highest BCUT2D eigenvalue weighted by Crippen LogP contribution is 2.22. The van der Waals surface area contributed by atoms with Crippen molar-refractivity contribution in [2.75, 3.05) is 12.4 Å². The lowest BCUT2D eigenvalue weighted by molar-refractivity contribution is -0.625. The lowest BCUT2D eigenvalue weighted by Gasteiger charge is -2.06. The van der Waals surface area contributed by atoms with Crippen LogP contribution in [-0.2, 0) is 9.59 Å². The molecule has 0 aliphatic rings. The highest BCUT2D eigenvalue weighted by Gasteiger charge is 2.24. The number of aromatic amines is 1. The van der Waals surface area contributed by atoms with E-state index in [0.717, 1.165) is 17.1 Å². The van der Waals surface area contributed by atoms with Gasteiger partial charge in [-0.05, 0) is 60.3 Å². The minimum Gasteiger partial charge on any atom is -0.481 e. The van der Waals surface area contributed by atoms with Gasteiger partial charge in [-0.2, -0.15) is 9.67 Å². The highest BCUT2D eigenvalue weighted by atomic mass is 35.5. The van der Waals surface area contributed by atoms with Gasteiger partial charge in [-0.1, -0.05) is 41.9 Å². The number of aromatic nitrogens is 3. The fourth-order valence-corrected chi connectivity index (χ4v) is 4.09. The van der Waals surface area contributed by atoms with Crippen molar-refractivity contribution in [2.45, 2.75) is 5.16 Å². The minimum absolute atomic E-state index is 0.0618. The molecule has 1 aromatic heterocycles. The smallest absolute Gasteiger partial charge is 0.342 e. The van der Waals surface area contributed by atoms with Crippen LogP contribution in [0.25, 0.3) is 17.1 Å². The second kappa shape index (κ2) is 12.0. The molecule has 0 unspecified atom stereocenters. The van der Waals surface area contributed by atoms with Crippen molar-refractivity contribution < 1.29 is 24.0 Å². The molecular formula is C25H21ClN5O4S+. The molecule has 4 rings (SSSR count). The number of carbonyl (C=O) groups is 2. The minimum atomic E-state index is -1.09. The Morgan fingerprint density at radius 3 is 2.56 bits per heavy atom. The monoisotopic (exact) mass is 522 g/mol. The summed E-state index contributed by atoms with van der Waals surface area (Å²) in [6, 6.07) is 23.9. The first-order valence-corrected chi connectivity index (χ1v) is 12.1. The maximum Gasteiger partial charge on any atom is 0.342 e. The van der Waals surface area contributed by atoms with Crippen LogP contribution in [0.2, 0.25) is 5.02 Å². The Hall–Kier alpha value is -4.15. The fourth-order valence-electron chi connectivity index (χ4n) is 3.21. The molecule has 0 aliphatic heterocycles. The molecule has 1 amide bonds. The van der Waals surface area contributed by atoms with Gasteiger partial charge < -0.3 is 9.84 Å². The van der Waals surface area contributed by atoms with Gasteiger partial charge in [-0.15, -0.1) is 5.10 Å². The van der Waals surface area contributed by atoms with E-state index in [-0.39, 0.29) is 11.7 Å². The first-order valence-electron chi connectivity index (χ1n) is 10.7. The lowest BCUT2D eigenvalue weighted by atomic mass is 10.2. The number of hydrogen-bond donors (Lipinski definition) is 3. The van der Waals surface area contributed by atoms with E-state index in [1.165, 1.54) is 18.0 Å². The summed E-state index contributed by atoms with van der Waals surface area (Å²) < 4.78 is 7.16. The standard InChI is InChI=1S/C25H20ClN5O4S/c26-19-12-10-17(11-13-19)24-29-30-25(31(24)20-7-2-1-3-8-20)36-16-22(32)28-27-14-18-6-4-5-9-21(18)35-15-23(33)34/h1-14H,15-16H2,(H2,28,32,33,34)/p+1. The van der Waals surface area contributed by atoms with E-state index >= 15 is 0 Å². The van der Waals surface area contributed by atoms with Crippen molar-refractivity contribution in [1.29, 1.82) is 0 Å². The number of hydrogen-bond acceptors (Lipinski definition) is 6. The predicted octanol–water partition coefficient (Wildman–Crippen LogP) is 3.71. The predicted molar refractivity (Wildman–Crippen MR) is 137 cm³/mol. The Morgan fingerprint density at radius 1 is 1.08 bits per heavy atom. The zero-order valence-electron chi connectivity index (χ0n) is 18.8. The topological polar surface area (TPSA) is 121 Å². The second-order valence-corrected chi connectivity index (χ2v) is 8.71. The van der Waals surface area contributed by atoms with Crippen molar-refractivity contribution in [3.05, 3.63) is 89.4 Å². The molecule has 3 aromatic carbocycles. The Balaban J connectivity index is 1.45. The fraction of sp³-hybridized carbons (Fsp3) is 0.0800. The largest absolute Gasteiger partial charge is 0.481 e. The molecule has 0 saturated carbocycles. The number of thioether (sulfide) groups is 1. The van der Waals surface area contributed by atoms with Gasteiger partial charge in [-0.25, -0.2) is 10.2 Å². The third-order valence-electron chi connectivity index (χ3n) is 4.80. The van der Waals surface area contributed by atoms with Crippen LogP contribution in [0.1, 0.15) is 5.56 Å². The molecule has 4 aromatic rings. The molecule has 0 saturated heterocycles. The van der Waals surface area contributed by atoms with Crippen LogP contribution in [0.15, 0.2) is 89.1 Å². The van der Waals surface area contributed by atoms with E-state index in [1.54, 1.807) is 36.4 Å². The lowest BCUT2D eigenvalue weighted by Crippen LogP contribution is -2.34. The third kappa shape index (κ3) is 6.49. The molecule has 11 heteroatoms. The van der Waals surface area contributed by atoms with Crippen LogP contribution in [0, 0.1) is 0 Å². The molecule has 0 radical (unpaired) electrons. The van der Waals surface area contributed by atoms with Gasteiger partial charge >= 0.3 is 11.1 Å². The molecule has 3 N–H and O–H groups in total. The zero-order chi connectivity index (χ0) is 25.3. The van der Waals surface area contributed by atoms with E-state index in [2.05, 4.69) is 20.7 Å². The van der Waals surface area contributed by atoms with Crippen molar-refractivity contribution in [1.82, 2.24) is 15.6 Å². The SMILES string of the molecule is O=C(O)COc1ccccc1C=NNC(=O)CSc1n[nH]c(-c2ccc(Cl)cc2)[n+]1-c1ccccc1. The number of ether oxygens (including phenoxy) is 1. The summed E-state index contributed by atoms with van der Waals surface area (Å²) in [6.07, 6.45) is 1.40. The maximum absolute atomic E-state index is 12.5. The van der Waals surface area contributed by atoms with Crippen LogP contribution in [0.5, 0.6) is 5.75 Å². The number of hydrazone groups is 1. The molecule has 0 spiro atoms. The summed E-state index contributed by atoms with van der Waals surface area (Å²) in [5.74, 6) is -0.265. The number of H-pyrrole nitrogens is 1. The Labute approximate surface area is 215 Å². The number of carboxylic acid groups (broad SMARTS) is 1. The van der Waals surface area contributed by atoms with Gasteiger partial charge in [0.2, 0.25) is 0 Å². The van der Waals surface area contributed by atoms with Crippen molar-refractivity contribution in [3.63, 3.8) is 0 Å². The summed E-state index contributed by atoms with van der Waals surface area (Å²) in [7, 11) is 0. The summed E-state index contributed by atoms with van der Waals surface area (Å²) in [4.78, 5) is 23.2. The number of halogens is 1. The number of nitrogens with one attached hydrogen (secondary N) is 2. The number of carboxylic acids is 1. The Bertz CT molecular complexity index is 1380. The Morgan fingerprint density at radius 2 is 1.81 bits per heavy atom. The molecule has 0 fully saturated rings. The quantitative estimate of drug-likeness (QED) is 0.126. The zero-order valence-corrected chi connectivity index (χ0v) is 20.4. The first-order chi connectivity index (χ1) is 17.5. The van der Waals surface area contributed by atoms with Gasteiger partial charge in [0.15, 0.2) is 6.61 Å². The van der Waals surface area contributed by atoms with Crippen molar-refractivity contribution >= 4 is 41.5 Å². The van der Waals surface area contributed by atoms with E-state index in [0.29, 0.717) is 21.5 Å². The summed E-state index contributed by atoms with van der Waals surface area (Å²) in [5, 5.41) is 21.5. The van der Waals surface area contributed by atoms with Gasteiger partial charge in [0.1, 0.15) is 11.4 Å². The number of para-hydroxylation sites is 2. The molecule has 182 valence electrons. The Kier molecular flexibility index (Phi) is 8.32. The van der Waals surface area contributed by atoms with Crippen LogP contribution in [0.3, 0.4) is 0 Å². The molecule has 0 atom stereocenters. The third-order valence-corrected chi connectivity index (χ3v) is 5.99. The van der Waals surface area contributed by atoms with Crippen LogP contribution in [0.4, 0.5) is 0 Å². The normalized spacial score (nSPS) is 10.9. The van der Waals surface area contributed by atoms with Gasteiger partial charge in [0, 0.05) is 10.6 Å². The van der Waals surface area contributed by atoms with Gasteiger partial charge in [0.25, 0.3) is 11.7 Å². The number of amides is 1. The average Bonchev–Trinajstić information content (AvgIpc) is 3.32. The van der Waals surface area contributed by atoms with Crippen LogP contribution in [-0.4, -0.2) is 45.8 Å². The summed E-state index contributed by atoms with van der Waals surface area (Å²) >= 11 is 7.29.